The summed E-state index contributed by atoms with van der Waals surface area (Å²) in [5.74, 6) is -7.16. The lowest BCUT2D eigenvalue weighted by atomic mass is 9.99. The molecule has 8 atom stereocenters. The first-order valence-electron chi connectivity index (χ1n) is 27.6. The Bertz CT molecular complexity index is 2790. The number of rotatable bonds is 14. The van der Waals surface area contributed by atoms with Crippen molar-refractivity contribution < 1.29 is 57.3 Å². The number of ether oxygens (including phenoxy) is 4. The number of carbonyl (C=O) groups excluding carboxylic acids is 8. The Kier molecular flexibility index (Phi) is 20.3. The van der Waals surface area contributed by atoms with Gasteiger partial charge in [0.25, 0.3) is 23.6 Å². The van der Waals surface area contributed by atoms with Gasteiger partial charge in [0, 0.05) is 71.2 Å². The highest BCUT2D eigenvalue weighted by molar-refractivity contribution is 5.97. The van der Waals surface area contributed by atoms with E-state index >= 15 is 4.79 Å². The van der Waals surface area contributed by atoms with Gasteiger partial charge in [-0.1, -0.05) is 104 Å². The summed E-state index contributed by atoms with van der Waals surface area (Å²) in [6, 6.07) is 14.5. The van der Waals surface area contributed by atoms with Gasteiger partial charge in [0.05, 0.1) is 13.1 Å². The van der Waals surface area contributed by atoms with Crippen molar-refractivity contribution in [1.82, 2.24) is 39.2 Å². The highest BCUT2D eigenvalue weighted by atomic mass is 16.6. The molecule has 1 aliphatic heterocycles. The Balaban J connectivity index is 1.40. The minimum atomic E-state index is -1.63. The van der Waals surface area contributed by atoms with E-state index in [1.54, 1.807) is 47.7 Å². The molecule has 434 valence electrons. The van der Waals surface area contributed by atoms with E-state index in [-0.39, 0.29) is 56.3 Å². The largest absolute Gasteiger partial charge is 0.451 e. The summed E-state index contributed by atoms with van der Waals surface area (Å²) in [4.78, 5) is 122. The third-order valence-corrected chi connectivity index (χ3v) is 15.3. The van der Waals surface area contributed by atoms with E-state index in [0.717, 1.165) is 20.9 Å². The predicted octanol–water partition coefficient (Wildman–Crippen LogP) is 5.91. The van der Waals surface area contributed by atoms with Crippen molar-refractivity contribution in [3.8, 4) is 0 Å². The Morgan fingerprint density at radius 2 is 0.838 bits per heavy atom. The summed E-state index contributed by atoms with van der Waals surface area (Å²) >= 11 is 0. The predicted molar refractivity (Wildman–Crippen MR) is 296 cm³/mol. The average molecular weight is 1110 g/mol. The van der Waals surface area contributed by atoms with Gasteiger partial charge in [-0.05, 0) is 91.7 Å². The van der Waals surface area contributed by atoms with Crippen LogP contribution in [0, 0.1) is 23.2 Å². The number of amides is 4. The Labute approximate surface area is 470 Å². The summed E-state index contributed by atoms with van der Waals surface area (Å²) < 4.78 is 27.9. The molecule has 1 spiro atoms. The molecule has 2 fully saturated rings. The number of carbonyl (C=O) groups is 8. The van der Waals surface area contributed by atoms with Gasteiger partial charge in [0.1, 0.15) is 23.7 Å². The molecule has 0 radical (unpaired) electrons. The summed E-state index contributed by atoms with van der Waals surface area (Å²) in [7, 11) is 5.61. The maximum atomic E-state index is 15.0. The fraction of sp³-hybridized carbons (Fsp3) is 0.567. The van der Waals surface area contributed by atoms with Crippen molar-refractivity contribution in [3.05, 3.63) is 108 Å². The number of benzene rings is 2. The van der Waals surface area contributed by atoms with Crippen LogP contribution in [-0.2, 0) is 83.2 Å². The first-order chi connectivity index (χ1) is 37.6. The van der Waals surface area contributed by atoms with Crippen LogP contribution < -0.4 is 0 Å². The Hall–Kier alpha value is -7.38. The lowest BCUT2D eigenvalue weighted by Crippen LogP contribution is -2.56. The third-order valence-electron chi connectivity index (χ3n) is 15.3. The zero-order valence-electron chi connectivity index (χ0n) is 49.0. The lowest BCUT2D eigenvalue weighted by Gasteiger charge is -2.36. The van der Waals surface area contributed by atoms with Gasteiger partial charge in [-0.15, -0.1) is 0 Å². The molecule has 0 N–H and O–H groups in total. The molecule has 2 aliphatic rings. The van der Waals surface area contributed by atoms with Gasteiger partial charge in [-0.3, -0.25) is 28.5 Å². The van der Waals surface area contributed by atoms with Crippen LogP contribution in [0.25, 0.3) is 0 Å². The Morgan fingerprint density at radius 1 is 0.500 bits per heavy atom. The average Bonchev–Trinajstić information content (AvgIpc) is 3.49. The van der Waals surface area contributed by atoms with Crippen molar-refractivity contribution in [2.24, 2.45) is 23.2 Å². The molecule has 2 unspecified atom stereocenters. The zero-order chi connectivity index (χ0) is 59.0. The van der Waals surface area contributed by atoms with E-state index in [9.17, 15) is 33.6 Å². The summed E-state index contributed by atoms with van der Waals surface area (Å²) in [6.45, 7) is 18.4. The number of esters is 4. The van der Waals surface area contributed by atoms with E-state index < -0.39 is 101 Å². The van der Waals surface area contributed by atoms with Crippen molar-refractivity contribution in [1.29, 1.82) is 0 Å². The highest BCUT2D eigenvalue weighted by Crippen LogP contribution is 2.60. The first-order valence-corrected chi connectivity index (χ1v) is 27.6. The van der Waals surface area contributed by atoms with Crippen molar-refractivity contribution in [2.75, 3.05) is 28.2 Å². The quantitative estimate of drug-likeness (QED) is 0.106. The minimum absolute atomic E-state index is 0.0855. The van der Waals surface area contributed by atoms with Gasteiger partial charge >= 0.3 is 23.9 Å². The van der Waals surface area contributed by atoms with Crippen molar-refractivity contribution in [2.45, 2.75) is 169 Å². The summed E-state index contributed by atoms with van der Waals surface area (Å²) in [5, 5.41) is 8.56. The molecule has 2 aromatic carbocycles. The number of aromatic nitrogens is 4. The number of nitrogens with zero attached hydrogens (tertiary/aromatic N) is 8. The number of hydrogen-bond acceptors (Lipinski definition) is 14. The molecule has 1 aliphatic carbocycles. The monoisotopic (exact) mass is 1110 g/mol. The standard InChI is InChI=1S/C60H82N8O12/c1-37(2)29-46-55(73)77-40(7)51(69)63(11)48(31-39(5)6)57(75)79-49(32-42-17-21-44(22-18-42)34-67-27-15-25-61-67)53(71)64(12)47(30-38(3)4)56(74)78-41(8)52(70)66(14)60(36-59(60,9)10)58(76)80-50(54(72)65(46)13)33-43-19-23-45(24-20-43)35-68-28-16-26-62-68/h15-28,37-41,46-50H,29-36H2,1-14H3/t40-,41-,46+,47?,48?,49-,50-,60+/m1/s1. The van der Waals surface area contributed by atoms with Crippen molar-refractivity contribution >= 4 is 47.5 Å². The topological polar surface area (TPSA) is 222 Å². The van der Waals surface area contributed by atoms with Crippen LogP contribution in [0.1, 0.15) is 117 Å². The maximum Gasteiger partial charge on any atom is 0.333 e. The van der Waals surface area contributed by atoms with Crippen molar-refractivity contribution in [3.63, 3.8) is 0 Å². The minimum Gasteiger partial charge on any atom is -0.451 e. The lowest BCUT2D eigenvalue weighted by molar-refractivity contribution is -0.177. The highest BCUT2D eigenvalue weighted by Gasteiger charge is 2.72. The summed E-state index contributed by atoms with van der Waals surface area (Å²) in [6.07, 6.45) is 1.13. The molecule has 4 amide bonds. The first kappa shape index (κ1) is 61.8. The van der Waals surface area contributed by atoms with Crippen LogP contribution in [0.3, 0.4) is 0 Å². The molecular weight excluding hydrogens is 1020 g/mol. The molecule has 80 heavy (non-hydrogen) atoms. The fourth-order valence-corrected chi connectivity index (χ4v) is 10.5. The molecule has 3 heterocycles. The van der Waals surface area contributed by atoms with Crippen LogP contribution in [0.2, 0.25) is 0 Å². The number of likely N-dealkylation sites (N-methyl/N-ethyl adjacent to an activating group) is 4. The molecule has 20 nitrogen and oxygen atoms in total. The normalized spacial score (nSPS) is 25.3. The second kappa shape index (κ2) is 26.3. The maximum absolute atomic E-state index is 15.0. The third kappa shape index (κ3) is 14.9. The fourth-order valence-electron chi connectivity index (χ4n) is 10.5. The number of hydrogen-bond donors (Lipinski definition) is 0. The molecule has 2 aromatic heterocycles. The van der Waals surface area contributed by atoms with E-state index in [1.807, 2.05) is 102 Å². The van der Waals surface area contributed by atoms with Gasteiger partial charge in [-0.2, -0.15) is 10.2 Å². The van der Waals surface area contributed by atoms with Gasteiger partial charge < -0.3 is 38.5 Å². The van der Waals surface area contributed by atoms with E-state index in [2.05, 4.69) is 10.2 Å². The zero-order valence-corrected chi connectivity index (χ0v) is 49.0. The molecule has 1 saturated carbocycles. The smallest absolute Gasteiger partial charge is 0.333 e. The SMILES string of the molecule is CC(C)CC1C(=O)O[C@H](Cc2ccc(Cn3cccn3)cc2)C(=O)N(C)C(CC(C)C)C(=O)O[C@H](C)C(=O)N(C)[C@@]2(CC2(C)C)C(=O)O[C@H](Cc2ccc(Cn3cccn3)cc2)C(=O)N(C)[C@@H](CC(C)C)C(=O)O[C@H](C)C(=O)N1C. The number of cyclic esters (lactones) is 4. The Morgan fingerprint density at radius 3 is 1.19 bits per heavy atom. The van der Waals surface area contributed by atoms with Crippen LogP contribution in [0.15, 0.2) is 85.5 Å². The second-order valence-electron chi connectivity index (χ2n) is 23.5. The van der Waals surface area contributed by atoms with Crippen LogP contribution in [0.5, 0.6) is 0 Å². The van der Waals surface area contributed by atoms with Gasteiger partial charge in [0.15, 0.2) is 24.4 Å². The summed E-state index contributed by atoms with van der Waals surface area (Å²) in [5.41, 5.74) is 0.558. The molecule has 1 saturated heterocycles. The molecule has 6 rings (SSSR count). The van der Waals surface area contributed by atoms with E-state index in [0.29, 0.717) is 24.2 Å². The van der Waals surface area contributed by atoms with Crippen LogP contribution in [0.4, 0.5) is 0 Å². The molecule has 4 aromatic rings. The van der Waals surface area contributed by atoms with Gasteiger partial charge in [-0.25, -0.2) is 19.2 Å². The molecular formula is C60H82N8O12. The molecule has 0 bridgehead atoms. The van der Waals surface area contributed by atoms with Crippen LogP contribution >= 0.6 is 0 Å². The van der Waals surface area contributed by atoms with Gasteiger partial charge in [0.2, 0.25) is 0 Å². The van der Waals surface area contributed by atoms with E-state index in [4.69, 9.17) is 18.9 Å². The van der Waals surface area contributed by atoms with E-state index in [1.165, 1.54) is 51.8 Å². The van der Waals surface area contributed by atoms with Crippen LogP contribution in [-0.4, -0.2) is 163 Å². The molecule has 20 heteroatoms. The second-order valence-corrected chi connectivity index (χ2v) is 23.5.